The number of hydrogen-bond donors (Lipinski definition) is 1. The highest BCUT2D eigenvalue weighted by atomic mass is 16.5. The van der Waals surface area contributed by atoms with E-state index in [4.69, 9.17) is 9.47 Å². The van der Waals surface area contributed by atoms with Crippen LogP contribution in [-0.2, 0) is 19.1 Å². The molecule has 5 atom stereocenters. The molecule has 0 radical (unpaired) electrons. The quantitative estimate of drug-likeness (QED) is 0.616. The second-order valence-corrected chi connectivity index (χ2v) is 8.92. The molecule has 1 saturated heterocycles. The molecule has 25 heavy (non-hydrogen) atoms. The van der Waals surface area contributed by atoms with Gasteiger partial charge in [-0.25, -0.2) is 0 Å². The van der Waals surface area contributed by atoms with Gasteiger partial charge in [-0.1, -0.05) is 13.0 Å². The lowest BCUT2D eigenvalue weighted by Crippen LogP contribution is -2.62. The second kappa shape index (κ2) is 5.83. The molecule has 0 amide bonds. The van der Waals surface area contributed by atoms with E-state index in [1.807, 2.05) is 13.8 Å². The van der Waals surface area contributed by atoms with E-state index >= 15 is 0 Å². The molecule has 1 spiro atoms. The smallest absolute Gasteiger partial charge is 0.306 e. The molecule has 0 aromatic carbocycles. The Morgan fingerprint density at radius 2 is 2.04 bits per heavy atom. The van der Waals surface area contributed by atoms with E-state index in [1.54, 1.807) is 0 Å². The van der Waals surface area contributed by atoms with Crippen LogP contribution < -0.4 is 0 Å². The molecule has 1 aliphatic heterocycles. The van der Waals surface area contributed by atoms with Crippen molar-refractivity contribution >= 4 is 12.4 Å². The Balaban J connectivity index is 2.02. The average Bonchev–Trinajstić information content (AvgIpc) is 2.83. The molecule has 1 saturated carbocycles. The SMILES string of the molecule is CC1=CCC2C(C)(OC=O)CCCC2(C)C12CCC(C)(CC(=O)O)O2. The van der Waals surface area contributed by atoms with E-state index in [0.717, 1.165) is 38.5 Å². The molecule has 0 bridgehead atoms. The summed E-state index contributed by atoms with van der Waals surface area (Å²) in [4.78, 5) is 22.4. The van der Waals surface area contributed by atoms with Crippen molar-refractivity contribution in [2.75, 3.05) is 0 Å². The van der Waals surface area contributed by atoms with Gasteiger partial charge >= 0.3 is 5.97 Å². The average molecular weight is 350 g/mol. The fourth-order valence-electron chi connectivity index (χ4n) is 6.07. The number of hydrogen-bond acceptors (Lipinski definition) is 4. The van der Waals surface area contributed by atoms with Crippen molar-refractivity contribution in [2.45, 2.75) is 89.4 Å². The van der Waals surface area contributed by atoms with Crippen molar-refractivity contribution < 1.29 is 24.2 Å². The zero-order chi connectivity index (χ0) is 18.5. The number of ether oxygens (including phenoxy) is 2. The van der Waals surface area contributed by atoms with Gasteiger partial charge in [0, 0.05) is 11.3 Å². The first-order chi connectivity index (χ1) is 11.6. The topological polar surface area (TPSA) is 72.8 Å². The van der Waals surface area contributed by atoms with Crippen LogP contribution in [0.3, 0.4) is 0 Å². The minimum absolute atomic E-state index is 0.0187. The van der Waals surface area contributed by atoms with Crippen LogP contribution in [0.15, 0.2) is 11.6 Å². The Labute approximate surface area is 149 Å². The molecule has 140 valence electrons. The normalized spacial score (nSPS) is 46.4. The van der Waals surface area contributed by atoms with Crippen molar-refractivity contribution in [3.8, 4) is 0 Å². The summed E-state index contributed by atoms with van der Waals surface area (Å²) in [6.07, 6.45) is 7.51. The monoisotopic (exact) mass is 350 g/mol. The van der Waals surface area contributed by atoms with E-state index in [0.29, 0.717) is 6.47 Å². The van der Waals surface area contributed by atoms with Gasteiger partial charge in [-0.3, -0.25) is 9.59 Å². The highest BCUT2D eigenvalue weighted by Gasteiger charge is 2.66. The first kappa shape index (κ1) is 18.4. The van der Waals surface area contributed by atoms with E-state index in [1.165, 1.54) is 5.57 Å². The molecule has 1 heterocycles. The molecule has 5 nitrogen and oxygen atoms in total. The summed E-state index contributed by atoms with van der Waals surface area (Å²) in [7, 11) is 0. The zero-order valence-electron chi connectivity index (χ0n) is 15.8. The number of aliphatic carboxylic acids is 1. The second-order valence-electron chi connectivity index (χ2n) is 8.92. The lowest BCUT2D eigenvalue weighted by molar-refractivity contribution is -0.216. The summed E-state index contributed by atoms with van der Waals surface area (Å²) >= 11 is 0. The van der Waals surface area contributed by atoms with Crippen LogP contribution in [0.1, 0.15) is 72.6 Å². The molecular weight excluding hydrogens is 320 g/mol. The van der Waals surface area contributed by atoms with Gasteiger partial charge in [0.05, 0.1) is 17.6 Å². The van der Waals surface area contributed by atoms with Crippen LogP contribution in [0.5, 0.6) is 0 Å². The Hall–Kier alpha value is -1.36. The van der Waals surface area contributed by atoms with Gasteiger partial charge in [0.2, 0.25) is 0 Å². The van der Waals surface area contributed by atoms with E-state index < -0.39 is 22.8 Å². The minimum Gasteiger partial charge on any atom is -0.481 e. The number of allylic oxidation sites excluding steroid dienone is 1. The molecule has 0 aromatic heterocycles. The highest BCUT2D eigenvalue weighted by Crippen LogP contribution is 2.65. The Bertz CT molecular complexity index is 613. The molecule has 2 fully saturated rings. The summed E-state index contributed by atoms with van der Waals surface area (Å²) < 4.78 is 12.3. The molecule has 3 rings (SSSR count). The Morgan fingerprint density at radius 3 is 2.68 bits per heavy atom. The van der Waals surface area contributed by atoms with Gasteiger partial charge in [-0.15, -0.1) is 0 Å². The van der Waals surface area contributed by atoms with E-state index in [-0.39, 0.29) is 17.8 Å². The Morgan fingerprint density at radius 1 is 1.32 bits per heavy atom. The number of carboxylic acids is 1. The summed E-state index contributed by atoms with van der Waals surface area (Å²) in [6.45, 7) is 8.90. The van der Waals surface area contributed by atoms with Crippen molar-refractivity contribution in [1.82, 2.24) is 0 Å². The number of rotatable bonds is 4. The van der Waals surface area contributed by atoms with Crippen molar-refractivity contribution in [3.05, 3.63) is 11.6 Å². The number of carboxylic acid groups (broad SMARTS) is 1. The minimum atomic E-state index is -0.823. The van der Waals surface area contributed by atoms with E-state index in [9.17, 15) is 14.7 Å². The van der Waals surface area contributed by atoms with Crippen LogP contribution in [0.4, 0.5) is 0 Å². The lowest BCUT2D eigenvalue weighted by Gasteiger charge is -2.60. The molecule has 1 N–H and O–H groups in total. The van der Waals surface area contributed by atoms with Crippen LogP contribution in [0, 0.1) is 11.3 Å². The van der Waals surface area contributed by atoms with Crippen LogP contribution in [0.2, 0.25) is 0 Å². The van der Waals surface area contributed by atoms with Crippen LogP contribution >= 0.6 is 0 Å². The predicted octanol–water partition coefficient (Wildman–Crippen LogP) is 3.86. The maximum absolute atomic E-state index is 11.3. The van der Waals surface area contributed by atoms with Crippen molar-refractivity contribution in [1.29, 1.82) is 0 Å². The molecule has 3 aliphatic rings. The first-order valence-corrected chi connectivity index (χ1v) is 9.32. The third kappa shape index (κ3) is 2.62. The maximum Gasteiger partial charge on any atom is 0.306 e. The molecular formula is C20H30O5. The molecule has 2 aliphatic carbocycles. The summed E-state index contributed by atoms with van der Waals surface area (Å²) in [5.74, 6) is -0.647. The van der Waals surface area contributed by atoms with E-state index in [2.05, 4.69) is 19.9 Å². The lowest BCUT2D eigenvalue weighted by atomic mass is 9.49. The zero-order valence-corrected chi connectivity index (χ0v) is 15.8. The van der Waals surface area contributed by atoms with Gasteiger partial charge in [0.25, 0.3) is 6.47 Å². The van der Waals surface area contributed by atoms with Crippen molar-refractivity contribution in [3.63, 3.8) is 0 Å². The van der Waals surface area contributed by atoms with Gasteiger partial charge < -0.3 is 14.6 Å². The van der Waals surface area contributed by atoms with Gasteiger partial charge in [0.1, 0.15) is 5.60 Å². The largest absolute Gasteiger partial charge is 0.481 e. The molecule has 5 heteroatoms. The molecule has 0 aromatic rings. The number of carbonyl (C=O) groups is 2. The fourth-order valence-corrected chi connectivity index (χ4v) is 6.07. The summed E-state index contributed by atoms with van der Waals surface area (Å²) in [5, 5.41) is 9.29. The number of fused-ring (bicyclic) bond motifs is 2. The van der Waals surface area contributed by atoms with Gasteiger partial charge in [-0.2, -0.15) is 0 Å². The first-order valence-electron chi connectivity index (χ1n) is 9.32. The third-order valence-electron chi connectivity index (χ3n) is 7.36. The fraction of sp³-hybridized carbons (Fsp3) is 0.800. The highest BCUT2D eigenvalue weighted by molar-refractivity contribution is 5.68. The van der Waals surface area contributed by atoms with Crippen LogP contribution in [0.25, 0.3) is 0 Å². The predicted molar refractivity (Wildman–Crippen MR) is 93.1 cm³/mol. The van der Waals surface area contributed by atoms with Gasteiger partial charge in [-0.05, 0) is 64.9 Å². The standard InChI is InChI=1S/C20H30O5/c1-14-6-7-15-18(3,8-5-9-19(15,4)24-13-21)20(14)11-10-17(2,25-20)12-16(22)23/h6,13,15H,5,7-12H2,1-4H3,(H,22,23). The third-order valence-corrected chi connectivity index (χ3v) is 7.36. The number of carbonyl (C=O) groups excluding carboxylic acids is 1. The maximum atomic E-state index is 11.3. The molecule has 5 unspecified atom stereocenters. The summed E-state index contributed by atoms with van der Waals surface area (Å²) in [5.41, 5.74) is -0.568. The summed E-state index contributed by atoms with van der Waals surface area (Å²) in [6, 6.07) is 0. The Kier molecular flexibility index (Phi) is 4.30. The van der Waals surface area contributed by atoms with Crippen LogP contribution in [-0.4, -0.2) is 34.4 Å². The van der Waals surface area contributed by atoms with Gasteiger partial charge in [0.15, 0.2) is 0 Å². The van der Waals surface area contributed by atoms with Crippen molar-refractivity contribution in [2.24, 2.45) is 11.3 Å².